The van der Waals surface area contributed by atoms with Crippen molar-refractivity contribution in [2.24, 2.45) is 23.7 Å². The van der Waals surface area contributed by atoms with Crippen LogP contribution in [0.25, 0.3) is 11.1 Å². The molecule has 4 fully saturated rings. The molecule has 4 aliphatic carbocycles. The van der Waals surface area contributed by atoms with E-state index in [-0.39, 0.29) is 23.7 Å². The van der Waals surface area contributed by atoms with Gasteiger partial charge in [0.25, 0.3) is 0 Å². The largest absolute Gasteiger partial charge is 0.304 e. The molecule has 0 bridgehead atoms. The van der Waals surface area contributed by atoms with E-state index in [0.29, 0.717) is 22.7 Å². The summed E-state index contributed by atoms with van der Waals surface area (Å²) < 4.78 is 138. The van der Waals surface area contributed by atoms with Crippen molar-refractivity contribution in [2.45, 2.75) is 139 Å². The quantitative estimate of drug-likeness (QED) is 0.116. The van der Waals surface area contributed by atoms with Crippen LogP contribution in [-0.4, -0.2) is 0 Å². The lowest BCUT2D eigenvalue weighted by atomic mass is 9.51. The molecule has 374 valence electrons. The maximum atomic E-state index is 17.3. The Kier molecular flexibility index (Phi) is 12.3. The highest BCUT2D eigenvalue weighted by Crippen LogP contribution is 2.65. The van der Waals surface area contributed by atoms with E-state index in [2.05, 4.69) is 0 Å². The van der Waals surface area contributed by atoms with Gasteiger partial charge in [0.15, 0.2) is 46.5 Å². The number of halogens is 8. The summed E-state index contributed by atoms with van der Waals surface area (Å²) in [5.74, 6) is -15.8. The molecule has 0 N–H and O–H groups in total. The molecule has 72 heavy (non-hydrogen) atoms. The third-order valence-electron chi connectivity index (χ3n) is 18.5. The fraction of sp³-hybridized carbons (Fsp3) is 0.419. The van der Waals surface area contributed by atoms with Gasteiger partial charge in [-0.25, -0.2) is 35.1 Å². The molecule has 0 aromatic heterocycles. The number of anilines is 6. The zero-order valence-electron chi connectivity index (χ0n) is 40.6. The second-order valence-corrected chi connectivity index (χ2v) is 21.8. The van der Waals surface area contributed by atoms with Gasteiger partial charge in [0.05, 0.1) is 33.9 Å². The standard InChI is InChI=1S/C62H60F8N2/c63-51-49(52(64)56(68)59(55(51)67)71-45-33-17-13-29-41(45)61(37-21-5-1-6-22-37,38-23-7-2-8-24-38)42-30-14-18-34-46(42)71)50-53(65)57(69)60(58(70)54(50)66)72-47-35-19-15-31-43(47)62(39-25-9-3-10-26-39,40-27-11-4-12-28-40)44-32-16-20-36-48(44)72/h13-20,29-40H,1-12,21-28H2. The van der Waals surface area contributed by atoms with E-state index in [1.165, 1.54) is 9.80 Å². The summed E-state index contributed by atoms with van der Waals surface area (Å²) in [5.41, 5.74) is -2.57. The number of nitrogens with zero attached hydrogens (tertiary/aromatic N) is 2. The van der Waals surface area contributed by atoms with Crippen LogP contribution in [0.5, 0.6) is 0 Å². The first-order valence-corrected chi connectivity index (χ1v) is 26.8. The minimum atomic E-state index is -2.18. The molecule has 2 nitrogen and oxygen atoms in total. The molecule has 10 heteroatoms. The summed E-state index contributed by atoms with van der Waals surface area (Å²) in [6.07, 6.45) is 20.2. The SMILES string of the molecule is Fc1c(F)c(N2c3ccccc3C(C3CCCCC3)(C3CCCCC3)c3ccccc32)c(F)c(F)c1-c1c(F)c(F)c(N2c3ccccc3C(C3CCCCC3)(C3CCCCC3)c3ccccc32)c(F)c1F. The van der Waals surface area contributed by atoms with Crippen LogP contribution in [0.4, 0.5) is 69.2 Å². The average molecular weight is 985 g/mol. The van der Waals surface area contributed by atoms with Gasteiger partial charge in [-0.15, -0.1) is 0 Å². The van der Waals surface area contributed by atoms with Gasteiger partial charge in [0, 0.05) is 10.8 Å². The molecule has 6 aliphatic rings. The van der Waals surface area contributed by atoms with E-state index in [1.807, 2.05) is 48.5 Å². The van der Waals surface area contributed by atoms with E-state index in [4.69, 9.17) is 0 Å². The predicted molar refractivity (Wildman–Crippen MR) is 269 cm³/mol. The highest BCUT2D eigenvalue weighted by molar-refractivity contribution is 5.90. The van der Waals surface area contributed by atoms with Crippen molar-refractivity contribution in [1.29, 1.82) is 0 Å². The molecule has 0 saturated heterocycles. The Labute approximate surface area is 417 Å². The van der Waals surface area contributed by atoms with Crippen molar-refractivity contribution in [2.75, 3.05) is 9.80 Å². The summed E-state index contributed by atoms with van der Waals surface area (Å²) in [6, 6.07) is 29.0. The van der Waals surface area contributed by atoms with E-state index in [0.717, 1.165) is 151 Å². The smallest absolute Gasteiger partial charge is 0.186 e. The number of fused-ring (bicyclic) bond motifs is 4. The van der Waals surface area contributed by atoms with Gasteiger partial charge in [-0.2, -0.15) is 0 Å². The molecule has 12 rings (SSSR count). The minimum Gasteiger partial charge on any atom is -0.304 e. The van der Waals surface area contributed by atoms with Crippen molar-refractivity contribution < 1.29 is 35.1 Å². The second kappa shape index (κ2) is 18.7. The number of benzene rings is 6. The maximum absolute atomic E-state index is 17.3. The molecule has 0 radical (unpaired) electrons. The maximum Gasteiger partial charge on any atom is 0.186 e. The van der Waals surface area contributed by atoms with Crippen LogP contribution in [0.1, 0.15) is 151 Å². The third kappa shape index (κ3) is 6.84. The van der Waals surface area contributed by atoms with Gasteiger partial charge in [-0.1, -0.05) is 150 Å². The van der Waals surface area contributed by atoms with Gasteiger partial charge in [-0.3, -0.25) is 0 Å². The summed E-state index contributed by atoms with van der Waals surface area (Å²) in [5, 5.41) is 0. The molecule has 2 heterocycles. The van der Waals surface area contributed by atoms with E-state index >= 15 is 35.1 Å². The average Bonchev–Trinajstić information content (AvgIpc) is 3.43. The van der Waals surface area contributed by atoms with Crippen LogP contribution in [0.3, 0.4) is 0 Å². The summed E-state index contributed by atoms with van der Waals surface area (Å²) >= 11 is 0. The van der Waals surface area contributed by atoms with Gasteiger partial charge < -0.3 is 9.80 Å². The number of para-hydroxylation sites is 4. The van der Waals surface area contributed by atoms with Crippen molar-refractivity contribution in [3.8, 4) is 11.1 Å². The van der Waals surface area contributed by atoms with Gasteiger partial charge in [0.1, 0.15) is 11.4 Å². The summed E-state index contributed by atoms with van der Waals surface area (Å²) in [6.45, 7) is 0. The minimum absolute atomic E-state index is 0.186. The van der Waals surface area contributed by atoms with Crippen LogP contribution in [0.15, 0.2) is 97.1 Å². The third-order valence-corrected chi connectivity index (χ3v) is 18.5. The molecule has 2 aliphatic heterocycles. The van der Waals surface area contributed by atoms with E-state index in [1.54, 1.807) is 48.5 Å². The zero-order valence-corrected chi connectivity index (χ0v) is 40.6. The van der Waals surface area contributed by atoms with Crippen molar-refractivity contribution in [1.82, 2.24) is 0 Å². The fourth-order valence-electron chi connectivity index (χ4n) is 15.8. The lowest BCUT2D eigenvalue weighted by Gasteiger charge is -2.55. The first-order chi connectivity index (χ1) is 35.1. The van der Waals surface area contributed by atoms with Crippen LogP contribution in [-0.2, 0) is 10.8 Å². The van der Waals surface area contributed by atoms with Crippen LogP contribution in [0, 0.1) is 70.2 Å². The van der Waals surface area contributed by atoms with Gasteiger partial charge >= 0.3 is 0 Å². The Morgan fingerprint density at radius 2 is 0.486 bits per heavy atom. The van der Waals surface area contributed by atoms with Crippen LogP contribution < -0.4 is 9.80 Å². The lowest BCUT2D eigenvalue weighted by Crippen LogP contribution is -2.48. The normalized spacial score (nSPS) is 20.4. The monoisotopic (exact) mass is 984 g/mol. The first-order valence-electron chi connectivity index (χ1n) is 26.8. The molecule has 0 unspecified atom stereocenters. The van der Waals surface area contributed by atoms with Crippen molar-refractivity contribution in [3.05, 3.63) is 166 Å². The molecule has 4 saturated carbocycles. The summed E-state index contributed by atoms with van der Waals surface area (Å²) in [7, 11) is 0. The highest BCUT2D eigenvalue weighted by atomic mass is 19.2. The molecule has 0 amide bonds. The number of hydrogen-bond acceptors (Lipinski definition) is 2. The Morgan fingerprint density at radius 3 is 0.708 bits per heavy atom. The number of rotatable bonds is 7. The molecule has 6 aromatic carbocycles. The van der Waals surface area contributed by atoms with Crippen LogP contribution >= 0.6 is 0 Å². The Morgan fingerprint density at radius 1 is 0.278 bits per heavy atom. The van der Waals surface area contributed by atoms with E-state index in [9.17, 15) is 0 Å². The zero-order chi connectivity index (χ0) is 49.5. The molecule has 0 atom stereocenters. The second-order valence-electron chi connectivity index (χ2n) is 21.8. The Bertz CT molecular complexity index is 2650. The topological polar surface area (TPSA) is 6.48 Å². The fourth-order valence-corrected chi connectivity index (χ4v) is 15.8. The van der Waals surface area contributed by atoms with Crippen molar-refractivity contribution >= 4 is 34.1 Å². The summed E-state index contributed by atoms with van der Waals surface area (Å²) in [4.78, 5) is 2.36. The molecule has 6 aromatic rings. The Hall–Kier alpha value is -5.64. The lowest BCUT2D eigenvalue weighted by molar-refractivity contribution is 0.133. The number of hydrogen-bond donors (Lipinski definition) is 0. The molecular formula is C62H60F8N2. The molecule has 0 spiro atoms. The van der Waals surface area contributed by atoms with Gasteiger partial charge in [-0.05, 0) is 122 Å². The first kappa shape index (κ1) is 47.4. The highest BCUT2D eigenvalue weighted by Gasteiger charge is 2.56. The van der Waals surface area contributed by atoms with E-state index < -0.39 is 79.9 Å². The predicted octanol–water partition coefficient (Wildman–Crippen LogP) is 18.9. The van der Waals surface area contributed by atoms with Crippen LogP contribution in [0.2, 0.25) is 0 Å². The van der Waals surface area contributed by atoms with Gasteiger partial charge in [0.2, 0.25) is 0 Å². The Balaban J connectivity index is 1.02. The van der Waals surface area contributed by atoms with Crippen molar-refractivity contribution in [3.63, 3.8) is 0 Å². The molecular weight excluding hydrogens is 925 g/mol.